The smallest absolute Gasteiger partial charge is 0.224 e. The maximum Gasteiger partial charge on any atom is 0.224 e. The molecule has 3 rings (SSSR count). The molecule has 132 valence electrons. The molecule has 0 spiro atoms. The molecule has 6 heteroatoms. The van der Waals surface area contributed by atoms with Crippen molar-refractivity contribution in [3.63, 3.8) is 0 Å². The Labute approximate surface area is 143 Å². The zero-order chi connectivity index (χ0) is 16.9. The molecule has 0 unspecified atom stereocenters. The normalized spacial score (nSPS) is 24.9. The zero-order valence-corrected chi connectivity index (χ0v) is 14.6. The van der Waals surface area contributed by atoms with Gasteiger partial charge in [-0.1, -0.05) is 0 Å². The Balaban J connectivity index is 1.64. The third kappa shape index (κ3) is 3.97. The van der Waals surface area contributed by atoms with Crippen LogP contribution in [0.1, 0.15) is 51.9 Å². The number of rotatable bonds is 4. The van der Waals surface area contributed by atoms with Gasteiger partial charge in [-0.15, -0.1) is 0 Å². The van der Waals surface area contributed by atoms with Crippen molar-refractivity contribution in [1.82, 2.24) is 19.6 Å². The molecule has 0 radical (unpaired) electrons. The van der Waals surface area contributed by atoms with Crippen molar-refractivity contribution in [2.24, 2.45) is 0 Å². The van der Waals surface area contributed by atoms with Crippen LogP contribution in [0.25, 0.3) is 0 Å². The van der Waals surface area contributed by atoms with Crippen molar-refractivity contribution in [3.05, 3.63) is 18.5 Å². The van der Waals surface area contributed by atoms with Gasteiger partial charge in [0.05, 0.1) is 12.6 Å². The number of amides is 2. The lowest BCUT2D eigenvalue weighted by atomic mass is 9.96. The van der Waals surface area contributed by atoms with E-state index in [1.165, 1.54) is 6.42 Å². The van der Waals surface area contributed by atoms with Crippen LogP contribution in [0.15, 0.2) is 18.5 Å². The number of nitrogens with zero attached hydrogens (tertiary/aromatic N) is 4. The van der Waals surface area contributed by atoms with Crippen molar-refractivity contribution in [1.29, 1.82) is 0 Å². The molecule has 0 N–H and O–H groups in total. The summed E-state index contributed by atoms with van der Waals surface area (Å²) < 4.78 is 1.92. The summed E-state index contributed by atoms with van der Waals surface area (Å²) in [5.41, 5.74) is 0. The number of carbonyl (C=O) groups excluding carboxylic acids is 2. The van der Waals surface area contributed by atoms with Gasteiger partial charge in [-0.2, -0.15) is 5.10 Å². The fraction of sp³-hybridized carbons (Fsp3) is 0.722. The van der Waals surface area contributed by atoms with Gasteiger partial charge < -0.3 is 9.80 Å². The van der Waals surface area contributed by atoms with E-state index in [-0.39, 0.29) is 23.9 Å². The van der Waals surface area contributed by atoms with Gasteiger partial charge in [0.2, 0.25) is 11.8 Å². The second kappa shape index (κ2) is 7.81. The first kappa shape index (κ1) is 17.0. The summed E-state index contributed by atoms with van der Waals surface area (Å²) in [7, 11) is 0. The predicted molar refractivity (Wildman–Crippen MR) is 91.2 cm³/mol. The Morgan fingerprint density at radius 1 is 1.04 bits per heavy atom. The summed E-state index contributed by atoms with van der Waals surface area (Å²) in [6.45, 7) is 4.01. The highest BCUT2D eigenvalue weighted by Gasteiger charge is 2.32. The summed E-state index contributed by atoms with van der Waals surface area (Å²) >= 11 is 0. The monoisotopic (exact) mass is 332 g/mol. The van der Waals surface area contributed by atoms with Crippen LogP contribution in [0.2, 0.25) is 0 Å². The molecule has 0 aliphatic carbocycles. The van der Waals surface area contributed by atoms with Crippen LogP contribution in [-0.4, -0.2) is 56.6 Å². The average Bonchev–Trinajstić information content (AvgIpc) is 3.08. The number of carbonyl (C=O) groups is 2. The van der Waals surface area contributed by atoms with Crippen LogP contribution in [-0.2, 0) is 16.1 Å². The van der Waals surface area contributed by atoms with Gasteiger partial charge in [0.1, 0.15) is 0 Å². The molecule has 0 bridgehead atoms. The van der Waals surface area contributed by atoms with Crippen LogP contribution in [0.3, 0.4) is 0 Å². The number of hydrogen-bond donors (Lipinski definition) is 0. The highest BCUT2D eigenvalue weighted by atomic mass is 16.2. The van der Waals surface area contributed by atoms with Crippen LogP contribution in [0.4, 0.5) is 0 Å². The standard InChI is InChI=1S/C18H28N4O2/c1-15(23)21-11-4-2-7-16(21)13-18(24)22-12-5-3-8-17(22)14-20-10-6-9-19-20/h6,9-10,16-17H,2-5,7-8,11-14H2,1H3/t16-,17+/m0/s1. The van der Waals surface area contributed by atoms with E-state index in [1.807, 2.05) is 26.7 Å². The van der Waals surface area contributed by atoms with Crippen molar-refractivity contribution in [2.45, 2.75) is 70.5 Å². The molecule has 2 atom stereocenters. The minimum atomic E-state index is 0.0797. The lowest BCUT2D eigenvalue weighted by Gasteiger charge is -2.39. The molecule has 2 aliphatic heterocycles. The van der Waals surface area contributed by atoms with Crippen molar-refractivity contribution >= 4 is 11.8 Å². The van der Waals surface area contributed by atoms with Gasteiger partial charge in [0.15, 0.2) is 0 Å². The maximum atomic E-state index is 12.9. The third-order valence-corrected chi connectivity index (χ3v) is 5.35. The molecule has 1 aromatic heterocycles. The molecule has 6 nitrogen and oxygen atoms in total. The summed E-state index contributed by atoms with van der Waals surface area (Å²) in [6, 6.07) is 2.22. The second-order valence-corrected chi connectivity index (χ2v) is 7.03. The molecule has 2 saturated heterocycles. The Kier molecular flexibility index (Phi) is 5.53. The highest BCUT2D eigenvalue weighted by Crippen LogP contribution is 2.24. The van der Waals surface area contributed by atoms with Crippen LogP contribution >= 0.6 is 0 Å². The maximum absolute atomic E-state index is 12.9. The average molecular weight is 332 g/mol. The fourth-order valence-electron chi connectivity index (χ4n) is 4.09. The fourth-order valence-corrected chi connectivity index (χ4v) is 4.09. The Morgan fingerprint density at radius 2 is 1.75 bits per heavy atom. The first-order valence-electron chi connectivity index (χ1n) is 9.19. The number of hydrogen-bond acceptors (Lipinski definition) is 3. The lowest BCUT2D eigenvalue weighted by Crippen LogP contribution is -2.50. The number of piperidine rings is 2. The Morgan fingerprint density at radius 3 is 2.42 bits per heavy atom. The predicted octanol–water partition coefficient (Wildman–Crippen LogP) is 2.06. The van der Waals surface area contributed by atoms with Crippen LogP contribution in [0, 0.1) is 0 Å². The third-order valence-electron chi connectivity index (χ3n) is 5.35. The largest absolute Gasteiger partial charge is 0.339 e. The number of likely N-dealkylation sites (tertiary alicyclic amines) is 2. The topological polar surface area (TPSA) is 58.4 Å². The molecule has 2 fully saturated rings. The van der Waals surface area contributed by atoms with Gasteiger partial charge in [-0.3, -0.25) is 14.3 Å². The van der Waals surface area contributed by atoms with E-state index in [9.17, 15) is 9.59 Å². The first-order chi connectivity index (χ1) is 11.6. The molecular formula is C18H28N4O2. The van der Waals surface area contributed by atoms with Crippen molar-refractivity contribution < 1.29 is 9.59 Å². The van der Waals surface area contributed by atoms with Gasteiger partial charge in [0, 0.05) is 44.9 Å². The summed E-state index contributed by atoms with van der Waals surface area (Å²) in [6.07, 6.45) is 10.6. The minimum Gasteiger partial charge on any atom is -0.339 e. The van der Waals surface area contributed by atoms with E-state index in [2.05, 4.69) is 5.10 Å². The van der Waals surface area contributed by atoms with Crippen molar-refractivity contribution in [3.8, 4) is 0 Å². The lowest BCUT2D eigenvalue weighted by molar-refractivity contribution is -0.139. The van der Waals surface area contributed by atoms with E-state index < -0.39 is 0 Å². The molecule has 0 saturated carbocycles. The van der Waals surface area contributed by atoms with E-state index in [1.54, 1.807) is 13.1 Å². The molecule has 24 heavy (non-hydrogen) atoms. The molecule has 2 aliphatic rings. The SMILES string of the molecule is CC(=O)N1CCCC[C@H]1CC(=O)N1CCCC[C@@H]1Cn1cccn1. The quantitative estimate of drug-likeness (QED) is 0.848. The molecule has 2 amide bonds. The first-order valence-corrected chi connectivity index (χ1v) is 9.19. The summed E-state index contributed by atoms with van der Waals surface area (Å²) in [5, 5.41) is 4.28. The van der Waals surface area contributed by atoms with E-state index in [0.29, 0.717) is 6.42 Å². The minimum absolute atomic E-state index is 0.0797. The summed E-state index contributed by atoms with van der Waals surface area (Å²) in [5.74, 6) is 0.296. The van der Waals surface area contributed by atoms with Crippen LogP contribution < -0.4 is 0 Å². The van der Waals surface area contributed by atoms with Gasteiger partial charge in [-0.05, 0) is 44.6 Å². The Hall–Kier alpha value is -1.85. The Bertz CT molecular complexity index is 557. The molecule has 0 aromatic carbocycles. The number of aromatic nitrogens is 2. The van der Waals surface area contributed by atoms with Gasteiger partial charge in [-0.25, -0.2) is 0 Å². The van der Waals surface area contributed by atoms with E-state index in [4.69, 9.17) is 0 Å². The van der Waals surface area contributed by atoms with Gasteiger partial charge >= 0.3 is 0 Å². The second-order valence-electron chi connectivity index (χ2n) is 7.03. The van der Waals surface area contributed by atoms with E-state index in [0.717, 1.165) is 51.7 Å². The van der Waals surface area contributed by atoms with E-state index >= 15 is 0 Å². The zero-order valence-electron chi connectivity index (χ0n) is 14.6. The molecular weight excluding hydrogens is 304 g/mol. The molecule has 1 aromatic rings. The summed E-state index contributed by atoms with van der Waals surface area (Å²) in [4.78, 5) is 28.7. The van der Waals surface area contributed by atoms with Crippen LogP contribution in [0.5, 0.6) is 0 Å². The van der Waals surface area contributed by atoms with Gasteiger partial charge in [0.25, 0.3) is 0 Å². The molecule has 3 heterocycles. The highest BCUT2D eigenvalue weighted by molar-refractivity contribution is 5.79. The van der Waals surface area contributed by atoms with Crippen molar-refractivity contribution in [2.75, 3.05) is 13.1 Å².